The average Bonchev–Trinajstić information content (AvgIpc) is 3.19. The highest BCUT2D eigenvalue weighted by atomic mass is 32.2. The number of carbonyl (C=O) groups excluding carboxylic acids is 7. The highest BCUT2D eigenvalue weighted by molar-refractivity contribution is 8.01. The predicted octanol–water partition coefficient (Wildman–Crippen LogP) is -0.163. The molecule has 2 radical (unpaired) electrons. The van der Waals surface area contributed by atoms with Gasteiger partial charge in [0.2, 0.25) is 35.4 Å². The van der Waals surface area contributed by atoms with Gasteiger partial charge in [-0.15, -0.1) is 23.5 Å². The maximum Gasteiger partial charge on any atom is 0.242 e. The number of thioether (sulfide) groups is 2. The highest BCUT2D eigenvalue weighted by Crippen LogP contribution is 2.31. The van der Waals surface area contributed by atoms with Crippen LogP contribution in [0.1, 0.15) is 65.2 Å². The van der Waals surface area contributed by atoms with Crippen LogP contribution >= 0.6 is 23.5 Å². The molecule has 1 aliphatic rings. The van der Waals surface area contributed by atoms with E-state index in [1.807, 2.05) is 13.8 Å². The lowest BCUT2D eigenvalue weighted by atomic mass is 9.97. The van der Waals surface area contributed by atoms with E-state index in [2.05, 4.69) is 21.3 Å². The van der Waals surface area contributed by atoms with Crippen molar-refractivity contribution in [3.63, 3.8) is 0 Å². The molecule has 1 saturated heterocycles. The number of rotatable bonds is 21. The monoisotopic (exact) mass is 597 g/mol. The Kier molecular flexibility index (Phi) is 18.1. The second-order valence-corrected chi connectivity index (χ2v) is 11.8. The van der Waals surface area contributed by atoms with E-state index < -0.39 is 23.0 Å². The normalized spacial score (nSPS) is 14.8. The summed E-state index contributed by atoms with van der Waals surface area (Å²) in [7, 11) is 5.07. The number of nitrogens with one attached hydrogen (secondary N) is 4. The number of imide groups is 1. The molecule has 12 nitrogen and oxygen atoms in total. The van der Waals surface area contributed by atoms with Gasteiger partial charge in [0.15, 0.2) is 7.85 Å². The first kappa shape index (κ1) is 35.5. The molecule has 1 rings (SSSR count). The van der Waals surface area contributed by atoms with E-state index in [0.29, 0.717) is 17.5 Å². The average molecular weight is 598 g/mol. The van der Waals surface area contributed by atoms with Crippen LogP contribution in [0.25, 0.3) is 0 Å². The summed E-state index contributed by atoms with van der Waals surface area (Å²) in [6.07, 6.45) is 4.73. The van der Waals surface area contributed by atoms with Crippen LogP contribution in [0.15, 0.2) is 0 Å². The first-order chi connectivity index (χ1) is 19.1. The Balaban J connectivity index is 2.13. The van der Waals surface area contributed by atoms with Crippen LogP contribution in [0.2, 0.25) is 0 Å². The van der Waals surface area contributed by atoms with Gasteiger partial charge in [-0.2, -0.15) is 0 Å². The fraction of sp³-hybridized carbons (Fsp3) is 0.720. The molecule has 6 amide bonds. The number of nitrogens with zero attached hydrogens (tertiary/aromatic N) is 1. The molecule has 40 heavy (non-hydrogen) atoms. The standard InChI is InChI=1S/C25H40BN5O7S2/c1-3-17(4-2)40-18-12-24(37)31(25(18)38)10-9-20(33)27-13-21(34)28-14-22(35)29-15-23(36)30-16-39-11-7-5-6-8-19(26)32/h17-18H,3-16H2,1-2H3,(H,27,33)(H,28,34)(H,29,35)(H,30,36). The lowest BCUT2D eigenvalue weighted by Gasteiger charge is -2.17. The maximum absolute atomic E-state index is 12.5. The zero-order chi connectivity index (χ0) is 29.9. The van der Waals surface area contributed by atoms with Crippen LogP contribution in [0.3, 0.4) is 0 Å². The molecule has 0 spiro atoms. The van der Waals surface area contributed by atoms with Gasteiger partial charge in [-0.05, 0) is 37.9 Å². The Hall–Kier alpha value is -2.55. The Morgan fingerprint density at radius 2 is 1.43 bits per heavy atom. The third-order valence-corrected chi connectivity index (χ3v) is 8.63. The van der Waals surface area contributed by atoms with Crippen molar-refractivity contribution < 1.29 is 33.6 Å². The molecule has 222 valence electrons. The van der Waals surface area contributed by atoms with Crippen LogP contribution in [0, 0.1) is 0 Å². The van der Waals surface area contributed by atoms with Gasteiger partial charge in [0.25, 0.3) is 0 Å². The third kappa shape index (κ3) is 15.3. The van der Waals surface area contributed by atoms with E-state index in [0.717, 1.165) is 42.8 Å². The van der Waals surface area contributed by atoms with Crippen molar-refractivity contribution in [2.24, 2.45) is 0 Å². The smallest absolute Gasteiger partial charge is 0.242 e. The van der Waals surface area contributed by atoms with Gasteiger partial charge in [0.05, 0.1) is 36.4 Å². The molecule has 0 saturated carbocycles. The number of hydrogen-bond acceptors (Lipinski definition) is 9. The van der Waals surface area contributed by atoms with Gasteiger partial charge in [0.1, 0.15) is 0 Å². The van der Waals surface area contributed by atoms with Crippen molar-refractivity contribution in [3.05, 3.63) is 0 Å². The molecule has 1 fully saturated rings. The summed E-state index contributed by atoms with van der Waals surface area (Å²) < 4.78 is 0. The van der Waals surface area contributed by atoms with Crippen molar-refractivity contribution >= 4 is 72.5 Å². The molecular weight excluding hydrogens is 557 g/mol. The predicted molar refractivity (Wildman–Crippen MR) is 155 cm³/mol. The topological polar surface area (TPSA) is 171 Å². The molecule has 1 aliphatic heterocycles. The summed E-state index contributed by atoms with van der Waals surface area (Å²) in [5.74, 6) is -1.41. The SMILES string of the molecule is [B]C(=O)CCCCCSCNC(=O)CNC(=O)CNC(=O)CNC(=O)CCN1C(=O)CC(SC(CC)CC)C1=O. The zero-order valence-corrected chi connectivity index (χ0v) is 24.9. The fourth-order valence-electron chi connectivity index (χ4n) is 3.62. The molecule has 0 aliphatic carbocycles. The van der Waals surface area contributed by atoms with Gasteiger partial charge in [-0.25, -0.2) is 0 Å². The van der Waals surface area contributed by atoms with Gasteiger partial charge in [-0.3, -0.25) is 33.7 Å². The summed E-state index contributed by atoms with van der Waals surface area (Å²) in [6, 6.07) is 0. The molecule has 1 heterocycles. The highest BCUT2D eigenvalue weighted by Gasteiger charge is 2.39. The minimum absolute atomic E-state index is 0.0506. The summed E-state index contributed by atoms with van der Waals surface area (Å²) in [5.41, 5.74) is -0.309. The number of likely N-dealkylation sites (tertiary alicyclic amines) is 1. The van der Waals surface area contributed by atoms with E-state index in [1.54, 1.807) is 0 Å². The minimum atomic E-state index is -0.602. The largest absolute Gasteiger partial charge is 0.347 e. The number of unbranched alkanes of at least 4 members (excludes halogenated alkanes) is 2. The van der Waals surface area contributed by atoms with E-state index in [1.165, 1.54) is 23.5 Å². The minimum Gasteiger partial charge on any atom is -0.347 e. The molecule has 0 aromatic rings. The van der Waals surface area contributed by atoms with Gasteiger partial charge in [0, 0.05) is 24.6 Å². The molecule has 15 heteroatoms. The summed E-state index contributed by atoms with van der Waals surface area (Å²) in [5, 5.41) is 9.66. The van der Waals surface area contributed by atoms with Gasteiger partial charge < -0.3 is 26.1 Å². The third-order valence-electron chi connectivity index (χ3n) is 5.95. The molecule has 0 bridgehead atoms. The number of hydrogen-bond donors (Lipinski definition) is 4. The second kappa shape index (κ2) is 20.3. The van der Waals surface area contributed by atoms with E-state index >= 15 is 0 Å². The van der Waals surface area contributed by atoms with Crippen LogP contribution in [-0.2, 0) is 33.6 Å². The van der Waals surface area contributed by atoms with Gasteiger partial charge in [-0.1, -0.05) is 20.3 Å². The lowest BCUT2D eigenvalue weighted by molar-refractivity contribution is -0.139. The second-order valence-electron chi connectivity index (χ2n) is 9.16. The van der Waals surface area contributed by atoms with Crippen molar-refractivity contribution in [1.29, 1.82) is 0 Å². The quantitative estimate of drug-likeness (QED) is 0.0607. The van der Waals surface area contributed by atoms with Gasteiger partial charge >= 0.3 is 0 Å². The summed E-state index contributed by atoms with van der Waals surface area (Å²) in [6.45, 7) is 3.04. The van der Waals surface area contributed by atoms with E-state index in [4.69, 9.17) is 7.85 Å². The summed E-state index contributed by atoms with van der Waals surface area (Å²) >= 11 is 3.03. The Morgan fingerprint density at radius 1 is 0.850 bits per heavy atom. The number of amides is 6. The molecule has 0 aromatic heterocycles. The molecule has 0 aromatic carbocycles. The van der Waals surface area contributed by atoms with Crippen molar-refractivity contribution in [2.75, 3.05) is 37.8 Å². The van der Waals surface area contributed by atoms with Crippen LogP contribution in [-0.4, -0.2) is 102 Å². The first-order valence-electron chi connectivity index (χ1n) is 13.5. The molecule has 1 unspecified atom stereocenters. The molecular formula is C25H40BN5O7S2. The van der Waals surface area contributed by atoms with E-state index in [9.17, 15) is 33.6 Å². The van der Waals surface area contributed by atoms with Crippen molar-refractivity contribution in [1.82, 2.24) is 26.2 Å². The fourth-order valence-corrected chi connectivity index (χ4v) is 5.76. The van der Waals surface area contributed by atoms with Crippen molar-refractivity contribution in [3.8, 4) is 0 Å². The van der Waals surface area contributed by atoms with Crippen LogP contribution in [0.4, 0.5) is 0 Å². The first-order valence-corrected chi connectivity index (χ1v) is 15.6. The zero-order valence-electron chi connectivity index (χ0n) is 23.3. The Bertz CT molecular complexity index is 905. The van der Waals surface area contributed by atoms with E-state index in [-0.39, 0.29) is 62.4 Å². The summed E-state index contributed by atoms with van der Waals surface area (Å²) in [4.78, 5) is 84.2. The van der Waals surface area contributed by atoms with Crippen LogP contribution in [0.5, 0.6) is 0 Å². The Labute approximate surface area is 245 Å². The van der Waals surface area contributed by atoms with Crippen molar-refractivity contribution in [2.45, 2.75) is 75.7 Å². The lowest BCUT2D eigenvalue weighted by Crippen LogP contribution is -2.44. The maximum atomic E-state index is 12.5. The molecule has 4 N–H and O–H groups in total. The number of carbonyl (C=O) groups is 7. The van der Waals surface area contributed by atoms with Crippen LogP contribution < -0.4 is 21.3 Å². The Morgan fingerprint density at radius 3 is 2.00 bits per heavy atom. The molecule has 1 atom stereocenters.